The van der Waals surface area contributed by atoms with E-state index >= 15 is 0 Å². The summed E-state index contributed by atoms with van der Waals surface area (Å²) in [5, 5.41) is 11.1. The van der Waals surface area contributed by atoms with Crippen molar-refractivity contribution in [1.82, 2.24) is 15.0 Å². The lowest BCUT2D eigenvalue weighted by atomic mass is 9.82. The second-order valence-corrected chi connectivity index (χ2v) is 14.7. The van der Waals surface area contributed by atoms with Gasteiger partial charge in [-0.05, 0) is 66.2 Å². The van der Waals surface area contributed by atoms with Crippen molar-refractivity contribution in [2.45, 2.75) is 12.0 Å². The van der Waals surface area contributed by atoms with Gasteiger partial charge in [-0.2, -0.15) is 5.26 Å². The minimum atomic E-state index is -0.270. The Balaban J connectivity index is 1.14. The van der Waals surface area contributed by atoms with Crippen molar-refractivity contribution in [1.29, 1.82) is 5.26 Å². The predicted molar refractivity (Wildman–Crippen MR) is 233 cm³/mol. The molecule has 1 aliphatic carbocycles. The number of para-hydroxylation sites is 4. The van der Waals surface area contributed by atoms with E-state index < -0.39 is 0 Å². The number of nitrogens with zero attached hydrogens (tertiary/aromatic N) is 6. The van der Waals surface area contributed by atoms with Crippen LogP contribution in [-0.2, 0) is 0 Å². The zero-order chi connectivity index (χ0) is 39.3. The van der Waals surface area contributed by atoms with E-state index in [1.165, 1.54) is 0 Å². The third kappa shape index (κ3) is 5.77. The molecule has 7 heteroatoms. The van der Waals surface area contributed by atoms with Crippen molar-refractivity contribution in [3.63, 3.8) is 0 Å². The molecule has 0 fully saturated rings. The number of hydrogen-bond acceptors (Lipinski definition) is 7. The molecule has 0 saturated heterocycles. The first-order valence-electron chi connectivity index (χ1n) is 19.7. The van der Waals surface area contributed by atoms with Gasteiger partial charge in [0.25, 0.3) is 0 Å². The zero-order valence-electron chi connectivity index (χ0n) is 31.7. The molecule has 0 saturated carbocycles. The monoisotopic (exact) mass is 758 g/mol. The van der Waals surface area contributed by atoms with Gasteiger partial charge in [-0.1, -0.05) is 133 Å². The number of nitriles is 1. The average Bonchev–Trinajstić information content (AvgIpc) is 3.86. The molecule has 278 valence electrons. The van der Waals surface area contributed by atoms with Crippen LogP contribution in [0.15, 0.2) is 206 Å². The number of fused-ring (bicyclic) bond motifs is 7. The quantitative estimate of drug-likeness (QED) is 0.160. The topological polar surface area (TPSA) is 78.2 Å². The fourth-order valence-corrected chi connectivity index (χ4v) is 8.66. The number of benzene rings is 7. The normalized spacial score (nSPS) is 15.9. The highest BCUT2D eigenvalue weighted by Gasteiger charge is 2.50. The number of anilines is 4. The highest BCUT2D eigenvalue weighted by atomic mass is 16.5. The van der Waals surface area contributed by atoms with Gasteiger partial charge in [0, 0.05) is 44.9 Å². The van der Waals surface area contributed by atoms with Gasteiger partial charge in [-0.15, -0.1) is 0 Å². The SMILES string of the molecule is N#Cc1cc(-c2nc(-c3ccccc3)nc(-c3ccccc3)n2)ccc1N1C2=C(N(c3ccccc3)c3ccccc3)C=C3c4ccccc4O[C@@H]3C2c2ccccc21. The molecule has 2 atom stereocenters. The van der Waals surface area contributed by atoms with E-state index in [-0.39, 0.29) is 12.0 Å². The van der Waals surface area contributed by atoms with Gasteiger partial charge in [0.15, 0.2) is 17.5 Å². The number of allylic oxidation sites excluding steroid dienone is 1. The lowest BCUT2D eigenvalue weighted by molar-refractivity contribution is 0.255. The van der Waals surface area contributed by atoms with Gasteiger partial charge in [0.1, 0.15) is 17.9 Å². The third-order valence-electron chi connectivity index (χ3n) is 11.2. The molecular formula is C52H34N6O. The van der Waals surface area contributed by atoms with E-state index in [0.717, 1.165) is 73.3 Å². The molecule has 0 radical (unpaired) electrons. The lowest BCUT2D eigenvalue weighted by Crippen LogP contribution is -2.33. The van der Waals surface area contributed by atoms with Crippen LogP contribution in [0, 0.1) is 11.3 Å². The van der Waals surface area contributed by atoms with Crippen molar-refractivity contribution < 1.29 is 4.74 Å². The summed E-state index contributed by atoms with van der Waals surface area (Å²) in [4.78, 5) is 19.4. The number of rotatable bonds is 7. The Kier molecular flexibility index (Phi) is 8.19. The summed E-state index contributed by atoms with van der Waals surface area (Å²) in [6.07, 6.45) is 2.02. The van der Waals surface area contributed by atoms with E-state index in [9.17, 15) is 5.26 Å². The molecule has 1 aromatic heterocycles. The van der Waals surface area contributed by atoms with Crippen molar-refractivity contribution in [3.8, 4) is 46.0 Å². The second-order valence-electron chi connectivity index (χ2n) is 14.7. The molecular weight excluding hydrogens is 725 g/mol. The molecule has 59 heavy (non-hydrogen) atoms. The molecule has 3 heterocycles. The molecule has 0 spiro atoms. The Morgan fingerprint density at radius 1 is 0.542 bits per heavy atom. The lowest BCUT2D eigenvalue weighted by Gasteiger charge is -2.37. The third-order valence-corrected chi connectivity index (χ3v) is 11.2. The van der Waals surface area contributed by atoms with E-state index in [0.29, 0.717) is 23.0 Å². The molecule has 7 aromatic carbocycles. The van der Waals surface area contributed by atoms with Crippen molar-refractivity contribution in [2.75, 3.05) is 9.80 Å². The maximum absolute atomic E-state index is 11.1. The van der Waals surface area contributed by atoms with Crippen LogP contribution in [0.2, 0.25) is 0 Å². The van der Waals surface area contributed by atoms with Crippen LogP contribution in [0.1, 0.15) is 22.6 Å². The highest BCUT2D eigenvalue weighted by molar-refractivity contribution is 5.92. The summed E-state index contributed by atoms with van der Waals surface area (Å²) in [7, 11) is 0. The van der Waals surface area contributed by atoms with Crippen LogP contribution in [-0.4, -0.2) is 21.1 Å². The summed E-state index contributed by atoms with van der Waals surface area (Å²) < 4.78 is 6.90. The predicted octanol–water partition coefficient (Wildman–Crippen LogP) is 11.9. The van der Waals surface area contributed by atoms with Gasteiger partial charge in [-0.3, -0.25) is 0 Å². The standard InChI is InChI=1S/C52H34N6O/c53-33-37-31-36(52-55-50(34-17-5-1-6-18-34)54-51(56-52)35-19-7-2-8-20-35)29-30-43(37)58-44-27-15-13-26-41(44)47-48(58)45(32-42-40-25-14-16-28-46(40)59-49(42)47)57(38-21-9-3-10-22-38)39-23-11-4-12-24-39/h1-32,47,49H/t47?,49-/m0/s1. The Hall–Kier alpha value is -8.08. The molecule has 3 aliphatic rings. The Labute approximate surface area is 342 Å². The molecule has 8 aromatic rings. The molecule has 7 nitrogen and oxygen atoms in total. The van der Waals surface area contributed by atoms with Crippen LogP contribution < -0.4 is 14.5 Å². The van der Waals surface area contributed by atoms with Crippen molar-refractivity contribution in [2.24, 2.45) is 0 Å². The summed E-state index contributed by atoms with van der Waals surface area (Å²) in [6, 6.07) is 66.1. The van der Waals surface area contributed by atoms with Crippen LogP contribution >= 0.6 is 0 Å². The first kappa shape index (κ1) is 34.2. The van der Waals surface area contributed by atoms with E-state index in [2.05, 4.69) is 113 Å². The van der Waals surface area contributed by atoms with Crippen LogP contribution in [0.25, 0.3) is 39.7 Å². The van der Waals surface area contributed by atoms with Crippen LogP contribution in [0.5, 0.6) is 5.75 Å². The van der Waals surface area contributed by atoms with Gasteiger partial charge in [0.05, 0.1) is 28.6 Å². The minimum Gasteiger partial charge on any atom is -0.484 e. The Morgan fingerprint density at radius 2 is 1.08 bits per heavy atom. The van der Waals surface area contributed by atoms with Crippen molar-refractivity contribution in [3.05, 3.63) is 222 Å². The van der Waals surface area contributed by atoms with Crippen LogP contribution in [0.4, 0.5) is 22.7 Å². The van der Waals surface area contributed by atoms with Crippen molar-refractivity contribution >= 4 is 28.3 Å². The Morgan fingerprint density at radius 3 is 1.71 bits per heavy atom. The molecule has 2 aliphatic heterocycles. The van der Waals surface area contributed by atoms with Crippen LogP contribution in [0.3, 0.4) is 0 Å². The van der Waals surface area contributed by atoms with E-state index in [1.54, 1.807) is 0 Å². The fourth-order valence-electron chi connectivity index (χ4n) is 8.66. The fraction of sp³-hybridized carbons (Fsp3) is 0.0385. The number of hydrogen-bond donors (Lipinski definition) is 0. The summed E-state index contributed by atoms with van der Waals surface area (Å²) in [5.41, 5.74) is 12.2. The highest BCUT2D eigenvalue weighted by Crippen LogP contribution is 2.59. The molecule has 11 rings (SSSR count). The molecule has 0 N–H and O–H groups in total. The average molecular weight is 759 g/mol. The van der Waals surface area contributed by atoms with E-state index in [4.69, 9.17) is 19.7 Å². The molecule has 0 bridgehead atoms. The number of ether oxygens (including phenoxy) is 1. The van der Waals surface area contributed by atoms with Gasteiger partial charge in [-0.25, -0.2) is 15.0 Å². The van der Waals surface area contributed by atoms with E-state index in [1.807, 2.05) is 97.1 Å². The maximum atomic E-state index is 11.1. The second kappa shape index (κ2) is 14.1. The van der Waals surface area contributed by atoms with Gasteiger partial charge >= 0.3 is 0 Å². The molecule has 1 unspecified atom stereocenters. The van der Waals surface area contributed by atoms with Gasteiger partial charge < -0.3 is 14.5 Å². The summed E-state index contributed by atoms with van der Waals surface area (Å²) >= 11 is 0. The smallest absolute Gasteiger partial charge is 0.164 e. The molecule has 0 amide bonds. The largest absolute Gasteiger partial charge is 0.484 e. The van der Waals surface area contributed by atoms with Gasteiger partial charge in [0.2, 0.25) is 0 Å². The first-order chi connectivity index (χ1) is 29.2. The first-order valence-corrected chi connectivity index (χ1v) is 19.7. The summed E-state index contributed by atoms with van der Waals surface area (Å²) in [6.45, 7) is 0. The zero-order valence-corrected chi connectivity index (χ0v) is 31.7. The summed E-state index contributed by atoms with van der Waals surface area (Å²) in [5.74, 6) is 2.30. The maximum Gasteiger partial charge on any atom is 0.164 e. The minimum absolute atomic E-state index is 0.180. The Bertz CT molecular complexity index is 2900. The number of aromatic nitrogens is 3.